The first-order valence-electron chi connectivity index (χ1n) is 2.37. The highest BCUT2D eigenvalue weighted by Crippen LogP contribution is 2.08. The average Bonchev–Trinajstić information content (AvgIpc) is 1.64. The van der Waals surface area contributed by atoms with Gasteiger partial charge in [-0.3, -0.25) is 4.79 Å². The second kappa shape index (κ2) is 3.62. The number of alkyl halides is 2. The number of hydrogen-bond donors (Lipinski definition) is 0. The number of halogens is 2. The van der Waals surface area contributed by atoms with Crippen LogP contribution in [0.15, 0.2) is 0 Å². The predicted octanol–water partition coefficient (Wildman–Crippen LogP) is 2.12. The van der Waals surface area contributed by atoms with E-state index in [1.165, 1.54) is 0 Å². The van der Waals surface area contributed by atoms with Gasteiger partial charge in [-0.1, -0.05) is 31.9 Å². The summed E-state index contributed by atoms with van der Waals surface area (Å²) in [6, 6.07) is 0. The summed E-state index contributed by atoms with van der Waals surface area (Å²) in [4.78, 5) is 10.7. The zero-order chi connectivity index (χ0) is 6.73. The predicted molar refractivity (Wildman–Crippen MR) is 41.8 cm³/mol. The Balaban J connectivity index is 3.65. The summed E-state index contributed by atoms with van der Waals surface area (Å²) in [5.41, 5.74) is 0. The van der Waals surface area contributed by atoms with Gasteiger partial charge in [0.25, 0.3) is 0 Å². The first-order valence-corrected chi connectivity index (χ1v) is 4.20. The molecule has 2 unspecified atom stereocenters. The van der Waals surface area contributed by atoms with Crippen LogP contribution < -0.4 is 0 Å². The van der Waals surface area contributed by atoms with Gasteiger partial charge in [-0.15, -0.1) is 0 Å². The van der Waals surface area contributed by atoms with Crippen LogP contribution in [0.2, 0.25) is 0 Å². The van der Waals surface area contributed by atoms with Gasteiger partial charge in [0.1, 0.15) is 0 Å². The number of carbonyl (C=O) groups excluding carboxylic acids is 1. The fourth-order valence-corrected chi connectivity index (χ4v) is 1.46. The SMILES string of the molecule is CC(Br)C(=O)C(C)Br. The van der Waals surface area contributed by atoms with Gasteiger partial charge in [0.15, 0.2) is 5.78 Å². The highest BCUT2D eigenvalue weighted by molar-refractivity contribution is 9.10. The summed E-state index contributed by atoms with van der Waals surface area (Å²) in [6.07, 6.45) is 0. The van der Waals surface area contributed by atoms with Crippen LogP contribution in [0.3, 0.4) is 0 Å². The Kier molecular flexibility index (Phi) is 3.90. The Hall–Kier alpha value is 0.630. The fourth-order valence-electron chi connectivity index (χ4n) is 0.316. The van der Waals surface area contributed by atoms with E-state index in [9.17, 15) is 4.79 Å². The summed E-state index contributed by atoms with van der Waals surface area (Å²) in [5, 5.41) is 0. The van der Waals surface area contributed by atoms with Crippen LogP contribution in [0.5, 0.6) is 0 Å². The second-order valence-corrected chi connectivity index (χ2v) is 4.38. The maximum absolute atomic E-state index is 10.7. The Bertz CT molecular complexity index is 78.4. The molecule has 0 amide bonds. The molecule has 1 nitrogen and oxygen atoms in total. The Morgan fingerprint density at radius 1 is 1.25 bits per heavy atom. The second-order valence-electron chi connectivity index (χ2n) is 1.63. The van der Waals surface area contributed by atoms with Crippen molar-refractivity contribution in [1.29, 1.82) is 0 Å². The molecule has 48 valence electrons. The lowest BCUT2D eigenvalue weighted by molar-refractivity contribution is -0.117. The lowest BCUT2D eigenvalue weighted by Gasteiger charge is -2.01. The molecule has 0 saturated heterocycles. The van der Waals surface area contributed by atoms with E-state index in [0.29, 0.717) is 0 Å². The van der Waals surface area contributed by atoms with Crippen molar-refractivity contribution in [2.75, 3.05) is 0 Å². The molecule has 0 aromatic rings. The molecule has 0 aromatic heterocycles. The van der Waals surface area contributed by atoms with Crippen molar-refractivity contribution >= 4 is 37.6 Å². The molecule has 0 saturated carbocycles. The van der Waals surface area contributed by atoms with Crippen molar-refractivity contribution in [2.24, 2.45) is 0 Å². The minimum atomic E-state index is -0.0307. The third kappa shape index (κ3) is 2.82. The van der Waals surface area contributed by atoms with Crippen LogP contribution in [0.25, 0.3) is 0 Å². The molecule has 0 aliphatic carbocycles. The van der Waals surface area contributed by atoms with Gasteiger partial charge >= 0.3 is 0 Å². The molecule has 0 aliphatic heterocycles. The van der Waals surface area contributed by atoms with Gasteiger partial charge in [0.2, 0.25) is 0 Å². The molecular weight excluding hydrogens is 236 g/mol. The van der Waals surface area contributed by atoms with E-state index < -0.39 is 0 Å². The summed E-state index contributed by atoms with van der Waals surface area (Å²) in [7, 11) is 0. The minimum absolute atomic E-state index is 0.0307. The Labute approximate surface area is 66.1 Å². The molecule has 0 spiro atoms. The highest BCUT2D eigenvalue weighted by Gasteiger charge is 2.13. The van der Waals surface area contributed by atoms with E-state index in [1.54, 1.807) is 0 Å². The van der Waals surface area contributed by atoms with Crippen LogP contribution in [0, 0.1) is 0 Å². The van der Waals surface area contributed by atoms with Crippen molar-refractivity contribution in [3.05, 3.63) is 0 Å². The van der Waals surface area contributed by atoms with Crippen LogP contribution >= 0.6 is 31.9 Å². The molecule has 0 heterocycles. The molecule has 0 N–H and O–H groups in total. The van der Waals surface area contributed by atoms with Gasteiger partial charge in [-0.25, -0.2) is 0 Å². The maximum atomic E-state index is 10.7. The number of Topliss-reactive ketones (excluding diaryl/α,β-unsaturated/α-hetero) is 1. The molecule has 8 heavy (non-hydrogen) atoms. The lowest BCUT2D eigenvalue weighted by atomic mass is 10.2. The van der Waals surface area contributed by atoms with E-state index in [2.05, 4.69) is 31.9 Å². The molecule has 0 radical (unpaired) electrons. The fraction of sp³-hybridized carbons (Fsp3) is 0.800. The van der Waals surface area contributed by atoms with Crippen molar-refractivity contribution < 1.29 is 4.79 Å². The van der Waals surface area contributed by atoms with E-state index in [0.717, 1.165) is 0 Å². The van der Waals surface area contributed by atoms with Gasteiger partial charge in [0.05, 0.1) is 9.65 Å². The quantitative estimate of drug-likeness (QED) is 0.680. The van der Waals surface area contributed by atoms with Crippen molar-refractivity contribution in [1.82, 2.24) is 0 Å². The molecular formula is C5H8Br2O. The molecule has 0 aromatic carbocycles. The highest BCUT2D eigenvalue weighted by atomic mass is 79.9. The first-order chi connectivity index (χ1) is 3.55. The topological polar surface area (TPSA) is 17.1 Å². The Morgan fingerprint density at radius 2 is 1.50 bits per heavy atom. The standard InChI is InChI=1S/C5H8Br2O/c1-3(6)5(8)4(2)7/h3-4H,1-2H3. The van der Waals surface area contributed by atoms with Crippen molar-refractivity contribution in [2.45, 2.75) is 23.5 Å². The van der Waals surface area contributed by atoms with Crippen LogP contribution in [-0.2, 0) is 4.79 Å². The zero-order valence-corrected chi connectivity index (χ0v) is 7.99. The molecule has 0 aliphatic rings. The third-order valence-corrected chi connectivity index (χ3v) is 1.69. The van der Waals surface area contributed by atoms with Crippen LogP contribution in [0.1, 0.15) is 13.8 Å². The molecule has 0 fully saturated rings. The number of ketones is 1. The van der Waals surface area contributed by atoms with Crippen LogP contribution in [0.4, 0.5) is 0 Å². The third-order valence-electron chi connectivity index (χ3n) is 0.784. The van der Waals surface area contributed by atoms with Crippen LogP contribution in [-0.4, -0.2) is 15.4 Å². The maximum Gasteiger partial charge on any atom is 0.159 e. The van der Waals surface area contributed by atoms with E-state index in [-0.39, 0.29) is 15.4 Å². The number of rotatable bonds is 2. The largest absolute Gasteiger partial charge is 0.297 e. The summed E-state index contributed by atoms with van der Waals surface area (Å²) < 4.78 is 0. The van der Waals surface area contributed by atoms with Gasteiger partial charge in [0, 0.05) is 0 Å². The van der Waals surface area contributed by atoms with Crippen molar-refractivity contribution in [3.8, 4) is 0 Å². The van der Waals surface area contributed by atoms with Gasteiger partial charge in [-0.05, 0) is 13.8 Å². The van der Waals surface area contributed by atoms with E-state index in [4.69, 9.17) is 0 Å². The van der Waals surface area contributed by atoms with E-state index in [1.807, 2.05) is 13.8 Å². The summed E-state index contributed by atoms with van der Waals surface area (Å²) in [5.74, 6) is 0.185. The van der Waals surface area contributed by atoms with Crippen molar-refractivity contribution in [3.63, 3.8) is 0 Å². The molecule has 0 bridgehead atoms. The monoisotopic (exact) mass is 242 g/mol. The van der Waals surface area contributed by atoms with Gasteiger partial charge in [-0.2, -0.15) is 0 Å². The molecule has 0 rings (SSSR count). The Morgan fingerprint density at radius 3 is 1.50 bits per heavy atom. The molecule has 3 heteroatoms. The number of carbonyl (C=O) groups is 1. The summed E-state index contributed by atoms with van der Waals surface area (Å²) in [6.45, 7) is 3.64. The lowest BCUT2D eigenvalue weighted by Crippen LogP contribution is -2.18. The summed E-state index contributed by atoms with van der Waals surface area (Å²) >= 11 is 6.32. The first kappa shape index (κ1) is 8.63. The average molecular weight is 244 g/mol. The number of hydrogen-bond acceptors (Lipinski definition) is 1. The normalized spacial score (nSPS) is 17.5. The smallest absolute Gasteiger partial charge is 0.159 e. The molecule has 2 atom stereocenters. The van der Waals surface area contributed by atoms with E-state index >= 15 is 0 Å². The van der Waals surface area contributed by atoms with Gasteiger partial charge < -0.3 is 0 Å². The minimum Gasteiger partial charge on any atom is -0.297 e. The zero-order valence-electron chi connectivity index (χ0n) is 4.82.